The quantitative estimate of drug-likeness (QED) is 0.417. The maximum absolute atomic E-state index is 5.95. The summed E-state index contributed by atoms with van der Waals surface area (Å²) in [5.74, 6) is 1.80. The molecular formula is C16H29ClN4S. The molecule has 0 spiro atoms. The molecule has 0 radical (unpaired) electrons. The van der Waals surface area contributed by atoms with Gasteiger partial charge >= 0.3 is 0 Å². The largest absolute Gasteiger partial charge is 0.330 e. The minimum absolute atomic E-state index is 0.292. The lowest BCUT2D eigenvalue weighted by atomic mass is 10.1. The van der Waals surface area contributed by atoms with Crippen molar-refractivity contribution in [1.82, 2.24) is 15.0 Å². The van der Waals surface area contributed by atoms with Crippen molar-refractivity contribution in [2.24, 2.45) is 5.73 Å². The second kappa shape index (κ2) is 13.1. The predicted octanol–water partition coefficient (Wildman–Crippen LogP) is 4.65. The van der Waals surface area contributed by atoms with Crippen LogP contribution in [0.1, 0.15) is 70.5 Å². The monoisotopic (exact) mass is 344 g/mol. The summed E-state index contributed by atoms with van der Waals surface area (Å²) in [7, 11) is 0. The van der Waals surface area contributed by atoms with Crippen molar-refractivity contribution in [1.29, 1.82) is 0 Å². The number of unbranched alkanes of at least 4 members (excludes halogenated alkanes) is 7. The van der Waals surface area contributed by atoms with Crippen molar-refractivity contribution < 1.29 is 0 Å². The molecule has 0 aromatic carbocycles. The Hall–Kier alpha value is -0.390. The lowest BCUT2D eigenvalue weighted by Gasteiger charge is -2.04. The molecule has 1 rings (SSSR count). The van der Waals surface area contributed by atoms with Crippen LogP contribution >= 0.6 is 23.4 Å². The van der Waals surface area contributed by atoms with E-state index in [-0.39, 0.29) is 0 Å². The molecule has 4 nitrogen and oxygen atoms in total. The summed E-state index contributed by atoms with van der Waals surface area (Å²) < 4.78 is 0. The van der Waals surface area contributed by atoms with Crippen molar-refractivity contribution in [2.45, 2.75) is 76.3 Å². The Bertz CT molecular complexity index is 404. The number of rotatable bonds is 13. The normalized spacial score (nSPS) is 11.0. The lowest BCUT2D eigenvalue weighted by molar-refractivity contribution is 0.586. The van der Waals surface area contributed by atoms with Gasteiger partial charge in [-0.25, -0.2) is 9.97 Å². The van der Waals surface area contributed by atoms with Crippen molar-refractivity contribution in [3.63, 3.8) is 0 Å². The highest BCUT2D eigenvalue weighted by Crippen LogP contribution is 2.18. The van der Waals surface area contributed by atoms with Gasteiger partial charge in [0.05, 0.1) is 0 Å². The van der Waals surface area contributed by atoms with E-state index >= 15 is 0 Å². The van der Waals surface area contributed by atoms with Crippen molar-refractivity contribution in [3.05, 3.63) is 11.1 Å². The van der Waals surface area contributed by atoms with E-state index in [0.717, 1.165) is 29.6 Å². The first-order valence-corrected chi connectivity index (χ1v) is 9.86. The molecule has 0 bridgehead atoms. The molecule has 0 fully saturated rings. The Morgan fingerprint density at radius 1 is 0.909 bits per heavy atom. The van der Waals surface area contributed by atoms with E-state index in [0.29, 0.717) is 11.8 Å². The topological polar surface area (TPSA) is 64.7 Å². The Morgan fingerprint density at radius 2 is 1.59 bits per heavy atom. The molecule has 0 amide bonds. The van der Waals surface area contributed by atoms with Gasteiger partial charge in [-0.1, -0.05) is 63.6 Å². The number of halogens is 1. The summed E-state index contributed by atoms with van der Waals surface area (Å²) in [5.41, 5.74) is 5.51. The van der Waals surface area contributed by atoms with E-state index in [1.165, 1.54) is 51.4 Å². The fraction of sp³-hybridized carbons (Fsp3) is 0.812. The summed E-state index contributed by atoms with van der Waals surface area (Å²) >= 11 is 7.62. The molecule has 22 heavy (non-hydrogen) atoms. The molecule has 0 aliphatic carbocycles. The van der Waals surface area contributed by atoms with Crippen molar-refractivity contribution in [2.75, 3.05) is 12.3 Å². The van der Waals surface area contributed by atoms with Gasteiger partial charge in [0, 0.05) is 12.2 Å². The second-order valence-electron chi connectivity index (χ2n) is 5.52. The molecule has 1 aromatic heterocycles. The van der Waals surface area contributed by atoms with E-state index in [9.17, 15) is 0 Å². The molecule has 0 atom stereocenters. The first-order valence-electron chi connectivity index (χ1n) is 8.49. The Kier molecular flexibility index (Phi) is 11.7. The molecular weight excluding hydrogens is 316 g/mol. The summed E-state index contributed by atoms with van der Waals surface area (Å²) in [4.78, 5) is 12.8. The highest BCUT2D eigenvalue weighted by atomic mass is 35.5. The molecule has 6 heteroatoms. The van der Waals surface area contributed by atoms with Crippen LogP contribution in [0, 0.1) is 0 Å². The summed E-state index contributed by atoms with van der Waals surface area (Å²) in [6.07, 6.45) is 12.3. The zero-order valence-electron chi connectivity index (χ0n) is 13.7. The number of nitrogens with zero attached hydrogens (tertiary/aromatic N) is 3. The van der Waals surface area contributed by atoms with Gasteiger partial charge in [-0.15, -0.1) is 0 Å². The van der Waals surface area contributed by atoms with Gasteiger partial charge in [0.25, 0.3) is 0 Å². The van der Waals surface area contributed by atoms with Crippen molar-refractivity contribution >= 4 is 23.4 Å². The molecule has 1 heterocycles. The van der Waals surface area contributed by atoms with Gasteiger partial charge in [-0.3, -0.25) is 0 Å². The first kappa shape index (κ1) is 19.7. The number of thioether (sulfide) groups is 1. The highest BCUT2D eigenvalue weighted by molar-refractivity contribution is 7.99. The van der Waals surface area contributed by atoms with Crippen LogP contribution in [-0.4, -0.2) is 27.2 Å². The number of aromatic nitrogens is 3. The van der Waals surface area contributed by atoms with Crippen molar-refractivity contribution in [3.8, 4) is 0 Å². The third-order valence-corrected chi connectivity index (χ3v) is 4.57. The Labute approximate surface area is 144 Å². The smallest absolute Gasteiger partial charge is 0.226 e. The van der Waals surface area contributed by atoms with E-state index in [2.05, 4.69) is 21.9 Å². The highest BCUT2D eigenvalue weighted by Gasteiger charge is 2.05. The van der Waals surface area contributed by atoms with E-state index in [4.69, 9.17) is 17.3 Å². The zero-order valence-corrected chi connectivity index (χ0v) is 15.3. The van der Waals surface area contributed by atoms with Gasteiger partial charge in [0.15, 0.2) is 5.16 Å². The number of nitrogens with two attached hydrogens (primary N) is 1. The average Bonchev–Trinajstić information content (AvgIpc) is 2.51. The fourth-order valence-corrected chi connectivity index (χ4v) is 3.29. The summed E-state index contributed by atoms with van der Waals surface area (Å²) in [6.45, 7) is 2.90. The predicted molar refractivity (Wildman–Crippen MR) is 95.5 cm³/mol. The van der Waals surface area contributed by atoms with Gasteiger partial charge in [-0.05, 0) is 31.0 Å². The molecule has 126 valence electrons. The van der Waals surface area contributed by atoms with Crippen LogP contribution in [-0.2, 0) is 6.42 Å². The minimum Gasteiger partial charge on any atom is -0.330 e. The molecule has 0 aliphatic heterocycles. The van der Waals surface area contributed by atoms with Crippen LogP contribution in [0.5, 0.6) is 0 Å². The molecule has 2 N–H and O–H groups in total. The molecule has 0 saturated heterocycles. The summed E-state index contributed by atoms with van der Waals surface area (Å²) in [5, 5.41) is 1.04. The van der Waals surface area contributed by atoms with Crippen LogP contribution in [0.15, 0.2) is 5.16 Å². The molecule has 1 aromatic rings. The zero-order chi connectivity index (χ0) is 16.0. The van der Waals surface area contributed by atoms with E-state index in [1.54, 1.807) is 11.8 Å². The SMILES string of the molecule is CCCCCCCCCCSc1nc(Cl)nc(CCCN)n1. The van der Waals surface area contributed by atoms with Gasteiger partial charge in [0.1, 0.15) is 5.82 Å². The Balaban J connectivity index is 2.15. The van der Waals surface area contributed by atoms with Crippen LogP contribution in [0.4, 0.5) is 0 Å². The fourth-order valence-electron chi connectivity index (χ4n) is 2.21. The average molecular weight is 345 g/mol. The summed E-state index contributed by atoms with van der Waals surface area (Å²) in [6, 6.07) is 0. The number of hydrogen-bond donors (Lipinski definition) is 1. The van der Waals surface area contributed by atoms with Crippen LogP contribution in [0.25, 0.3) is 0 Å². The maximum atomic E-state index is 5.95. The minimum atomic E-state index is 0.292. The van der Waals surface area contributed by atoms with Gasteiger partial charge < -0.3 is 5.73 Å². The Morgan fingerprint density at radius 3 is 2.27 bits per heavy atom. The lowest BCUT2D eigenvalue weighted by Crippen LogP contribution is -2.05. The van der Waals surface area contributed by atoms with E-state index in [1.807, 2.05) is 0 Å². The third kappa shape index (κ3) is 9.59. The van der Waals surface area contributed by atoms with Crippen LogP contribution in [0.3, 0.4) is 0 Å². The molecule has 0 saturated carbocycles. The van der Waals surface area contributed by atoms with Gasteiger partial charge in [0.2, 0.25) is 5.28 Å². The standard InChI is InChI=1S/C16H29ClN4S/c1-2-3-4-5-6-7-8-9-13-22-16-20-14(11-10-12-18)19-15(17)21-16/h2-13,18H2,1H3. The van der Waals surface area contributed by atoms with Gasteiger partial charge in [-0.2, -0.15) is 4.98 Å². The maximum Gasteiger partial charge on any atom is 0.226 e. The number of aryl methyl sites for hydroxylation is 1. The van der Waals surface area contributed by atoms with Crippen LogP contribution < -0.4 is 5.73 Å². The molecule has 0 aliphatic rings. The number of hydrogen-bond acceptors (Lipinski definition) is 5. The third-order valence-electron chi connectivity index (χ3n) is 3.47. The molecule has 0 unspecified atom stereocenters. The van der Waals surface area contributed by atoms with Crippen LogP contribution in [0.2, 0.25) is 5.28 Å². The second-order valence-corrected chi connectivity index (χ2v) is 6.92. The first-order chi connectivity index (χ1) is 10.8. The van der Waals surface area contributed by atoms with E-state index < -0.39 is 0 Å².